The van der Waals surface area contributed by atoms with Crippen LogP contribution >= 0.6 is 0 Å². The van der Waals surface area contributed by atoms with Crippen LogP contribution in [0, 0.1) is 11.3 Å². The van der Waals surface area contributed by atoms with Crippen LogP contribution in [0.2, 0.25) is 0 Å². The molecule has 0 aliphatic carbocycles. The molecule has 2 amide bonds. The van der Waals surface area contributed by atoms with E-state index in [1.54, 1.807) is 18.7 Å². The number of urea groups is 1. The van der Waals surface area contributed by atoms with Gasteiger partial charge in [0.15, 0.2) is 0 Å². The highest BCUT2D eigenvalue weighted by molar-refractivity contribution is 5.78. The summed E-state index contributed by atoms with van der Waals surface area (Å²) in [5.74, 6) is 0. The number of rotatable bonds is 3. The van der Waals surface area contributed by atoms with Crippen LogP contribution in [-0.2, 0) is 6.42 Å². The minimum atomic E-state index is -0.776. The Morgan fingerprint density at radius 3 is 2.58 bits per heavy atom. The summed E-state index contributed by atoms with van der Waals surface area (Å²) in [4.78, 5) is 13.5. The predicted octanol–water partition coefficient (Wildman–Crippen LogP) is 2.62. The lowest BCUT2D eigenvalue weighted by Crippen LogP contribution is -2.44. The lowest BCUT2D eigenvalue weighted by atomic mass is 10.0. The minimum absolute atomic E-state index is 0.0361. The van der Waals surface area contributed by atoms with Gasteiger partial charge in [0, 0.05) is 6.54 Å². The second-order valence-corrected chi connectivity index (χ2v) is 5.38. The summed E-state index contributed by atoms with van der Waals surface area (Å²) in [7, 11) is 0. The molecule has 100 valence electrons. The first kappa shape index (κ1) is 13.4. The van der Waals surface area contributed by atoms with Crippen LogP contribution in [0.4, 0.5) is 4.79 Å². The smallest absolute Gasteiger partial charge is 0.319 e. The number of amides is 2. The molecule has 19 heavy (non-hydrogen) atoms. The monoisotopic (exact) mass is 257 g/mol. The number of hydrogen-bond donors (Lipinski definition) is 1. The highest BCUT2D eigenvalue weighted by Crippen LogP contribution is 2.26. The molecule has 1 aromatic carbocycles. The largest absolute Gasteiger partial charge is 0.329 e. The van der Waals surface area contributed by atoms with Crippen molar-refractivity contribution < 1.29 is 4.79 Å². The van der Waals surface area contributed by atoms with Crippen molar-refractivity contribution in [1.29, 1.82) is 5.26 Å². The molecule has 0 aromatic heterocycles. The van der Waals surface area contributed by atoms with E-state index < -0.39 is 5.54 Å². The Bertz CT molecular complexity index is 513. The molecule has 1 aliphatic rings. The molecule has 1 unspecified atom stereocenters. The van der Waals surface area contributed by atoms with Gasteiger partial charge in [0.25, 0.3) is 0 Å². The number of nitrogens with zero attached hydrogens (tertiary/aromatic N) is 2. The first-order valence-electron chi connectivity index (χ1n) is 6.56. The van der Waals surface area contributed by atoms with Gasteiger partial charge >= 0.3 is 6.03 Å². The van der Waals surface area contributed by atoms with E-state index in [0.717, 1.165) is 12.0 Å². The Kier molecular flexibility index (Phi) is 3.48. The maximum Gasteiger partial charge on any atom is 0.319 e. The van der Waals surface area contributed by atoms with E-state index in [-0.39, 0.29) is 12.1 Å². The molecule has 0 saturated carbocycles. The van der Waals surface area contributed by atoms with Crippen LogP contribution < -0.4 is 5.32 Å². The zero-order valence-electron chi connectivity index (χ0n) is 11.6. The molecule has 4 nitrogen and oxygen atoms in total. The van der Waals surface area contributed by atoms with Crippen LogP contribution in [0.15, 0.2) is 24.3 Å². The van der Waals surface area contributed by atoms with Crippen molar-refractivity contribution >= 4 is 6.03 Å². The number of carbonyl (C=O) groups is 1. The first-order chi connectivity index (χ1) is 8.97. The van der Waals surface area contributed by atoms with E-state index in [0.29, 0.717) is 6.54 Å². The second-order valence-electron chi connectivity index (χ2n) is 5.38. The van der Waals surface area contributed by atoms with Gasteiger partial charge < -0.3 is 10.2 Å². The van der Waals surface area contributed by atoms with E-state index in [9.17, 15) is 4.79 Å². The van der Waals surface area contributed by atoms with Crippen molar-refractivity contribution in [3.05, 3.63) is 35.4 Å². The van der Waals surface area contributed by atoms with E-state index in [4.69, 9.17) is 5.26 Å². The third-order valence-corrected chi connectivity index (χ3v) is 3.65. The molecule has 0 spiro atoms. The number of hydrogen-bond acceptors (Lipinski definition) is 2. The summed E-state index contributed by atoms with van der Waals surface area (Å²) in [6.07, 6.45) is 1.00. The molecule has 1 atom stereocenters. The van der Waals surface area contributed by atoms with Gasteiger partial charge in [-0.15, -0.1) is 0 Å². The summed E-state index contributed by atoms with van der Waals surface area (Å²) in [5.41, 5.74) is 1.59. The number of benzene rings is 1. The van der Waals surface area contributed by atoms with Crippen molar-refractivity contribution in [3.63, 3.8) is 0 Å². The highest BCUT2D eigenvalue weighted by atomic mass is 16.2. The quantitative estimate of drug-likeness (QED) is 0.905. The Morgan fingerprint density at radius 2 is 2.05 bits per heavy atom. The average molecular weight is 257 g/mol. The fourth-order valence-corrected chi connectivity index (χ4v) is 2.25. The maximum absolute atomic E-state index is 12.0. The van der Waals surface area contributed by atoms with E-state index in [1.807, 2.05) is 12.1 Å². The minimum Gasteiger partial charge on any atom is -0.329 e. The standard InChI is InChI=1S/C15H19N3O/c1-4-11-5-7-12(8-6-11)13-9-18(14(19)17-13)15(2,3)10-16/h5-8,13H,4,9H2,1-3H3,(H,17,19). The number of nitrogens with one attached hydrogen (secondary N) is 1. The molecule has 4 heteroatoms. The van der Waals surface area contributed by atoms with Gasteiger partial charge in [-0.25, -0.2) is 4.79 Å². The lowest BCUT2D eigenvalue weighted by molar-refractivity contribution is 0.186. The molecule has 1 N–H and O–H groups in total. The van der Waals surface area contributed by atoms with Gasteiger partial charge in [-0.05, 0) is 31.4 Å². The Morgan fingerprint density at radius 1 is 1.42 bits per heavy atom. The molecular weight excluding hydrogens is 238 g/mol. The number of carbonyl (C=O) groups excluding carboxylic acids is 1. The van der Waals surface area contributed by atoms with Gasteiger partial charge in [-0.3, -0.25) is 0 Å². The van der Waals surface area contributed by atoms with Crippen LogP contribution in [0.3, 0.4) is 0 Å². The van der Waals surface area contributed by atoms with Gasteiger partial charge in [-0.2, -0.15) is 5.26 Å². The maximum atomic E-state index is 12.0. The van der Waals surface area contributed by atoms with Gasteiger partial charge in [0.05, 0.1) is 12.1 Å². The molecule has 1 aromatic rings. The SMILES string of the molecule is CCc1ccc(C2CN(C(C)(C)C#N)C(=O)N2)cc1. The van der Waals surface area contributed by atoms with Crippen molar-refractivity contribution in [1.82, 2.24) is 10.2 Å². The fourth-order valence-electron chi connectivity index (χ4n) is 2.25. The van der Waals surface area contributed by atoms with Crippen LogP contribution in [0.1, 0.15) is 37.9 Å². The summed E-state index contributed by atoms with van der Waals surface area (Å²) >= 11 is 0. The molecule has 0 bridgehead atoms. The van der Waals surface area contributed by atoms with Crippen LogP contribution in [0.5, 0.6) is 0 Å². The summed E-state index contributed by atoms with van der Waals surface area (Å²) in [6, 6.07) is 10.2. The van der Waals surface area contributed by atoms with Crippen molar-refractivity contribution in [2.75, 3.05) is 6.54 Å². The van der Waals surface area contributed by atoms with Gasteiger partial charge in [-0.1, -0.05) is 31.2 Å². The average Bonchev–Trinajstić information content (AvgIpc) is 2.82. The summed E-state index contributed by atoms with van der Waals surface area (Å²) in [5, 5.41) is 12.1. The summed E-state index contributed by atoms with van der Waals surface area (Å²) in [6.45, 7) is 6.17. The molecule has 1 aliphatic heterocycles. The molecule has 0 radical (unpaired) electrons. The fraction of sp³-hybridized carbons (Fsp3) is 0.467. The zero-order valence-corrected chi connectivity index (χ0v) is 11.6. The third-order valence-electron chi connectivity index (χ3n) is 3.65. The van der Waals surface area contributed by atoms with Gasteiger partial charge in [0.2, 0.25) is 0 Å². The first-order valence-corrected chi connectivity index (χ1v) is 6.56. The van der Waals surface area contributed by atoms with Crippen molar-refractivity contribution in [3.8, 4) is 6.07 Å². The molecular formula is C15H19N3O. The van der Waals surface area contributed by atoms with Gasteiger partial charge in [0.1, 0.15) is 5.54 Å². The molecule has 1 fully saturated rings. The molecule has 2 rings (SSSR count). The Labute approximate surface area is 114 Å². The normalized spacial score (nSPS) is 19.2. The van der Waals surface area contributed by atoms with E-state index >= 15 is 0 Å². The number of nitriles is 1. The lowest BCUT2D eigenvalue weighted by Gasteiger charge is -2.27. The Hall–Kier alpha value is -2.02. The molecule has 1 heterocycles. The molecule has 1 saturated heterocycles. The van der Waals surface area contributed by atoms with E-state index in [2.05, 4.69) is 30.4 Å². The zero-order chi connectivity index (χ0) is 14.0. The highest BCUT2D eigenvalue weighted by Gasteiger charge is 2.39. The van der Waals surface area contributed by atoms with Crippen LogP contribution in [-0.4, -0.2) is 23.0 Å². The van der Waals surface area contributed by atoms with E-state index in [1.165, 1.54) is 5.56 Å². The topological polar surface area (TPSA) is 56.1 Å². The van der Waals surface area contributed by atoms with Crippen LogP contribution in [0.25, 0.3) is 0 Å². The number of aryl methyl sites for hydroxylation is 1. The second kappa shape index (κ2) is 4.93. The Balaban J connectivity index is 2.17. The van der Waals surface area contributed by atoms with Crippen molar-refractivity contribution in [2.45, 2.75) is 38.8 Å². The predicted molar refractivity (Wildman–Crippen MR) is 73.5 cm³/mol. The summed E-state index contributed by atoms with van der Waals surface area (Å²) < 4.78 is 0. The third kappa shape index (κ3) is 2.55. The van der Waals surface area contributed by atoms with Crippen molar-refractivity contribution in [2.24, 2.45) is 0 Å².